The van der Waals surface area contributed by atoms with Gasteiger partial charge in [0.1, 0.15) is 11.5 Å². The van der Waals surface area contributed by atoms with Crippen LogP contribution in [0.5, 0.6) is 0 Å². The highest BCUT2D eigenvalue weighted by atomic mass is 35.5. The molecule has 2 aliphatic rings. The average molecular weight is 476 g/mol. The molecule has 9 nitrogen and oxygen atoms in total. The summed E-state index contributed by atoms with van der Waals surface area (Å²) in [7, 11) is 0. The van der Waals surface area contributed by atoms with Crippen LogP contribution in [0, 0.1) is 0 Å². The molecule has 3 amide bonds. The van der Waals surface area contributed by atoms with Gasteiger partial charge in [0.25, 0.3) is 17.7 Å². The second kappa shape index (κ2) is 7.82. The van der Waals surface area contributed by atoms with E-state index in [1.54, 1.807) is 37.3 Å². The predicted octanol–water partition coefficient (Wildman–Crippen LogP) is 3.99. The number of furan rings is 1. The molecule has 0 radical (unpaired) electrons. The SMILES string of the molecule is CC1=NN(c2ccc(Cl)c(C(=O)O)c2)C(=O)/C1=C\c1ccc(-c2ccc3c(c2)C(=O)NC3=O)o1. The van der Waals surface area contributed by atoms with Gasteiger partial charge in [-0.05, 0) is 55.5 Å². The number of hydrogen-bond acceptors (Lipinski definition) is 6. The van der Waals surface area contributed by atoms with E-state index in [4.69, 9.17) is 16.0 Å². The van der Waals surface area contributed by atoms with Crippen LogP contribution in [-0.2, 0) is 4.79 Å². The minimum absolute atomic E-state index is 0.0517. The van der Waals surface area contributed by atoms with Crippen LogP contribution in [-0.4, -0.2) is 34.5 Å². The van der Waals surface area contributed by atoms with Crippen molar-refractivity contribution in [2.24, 2.45) is 5.10 Å². The Hall–Kier alpha value is -4.50. The first-order chi connectivity index (χ1) is 16.2. The summed E-state index contributed by atoms with van der Waals surface area (Å²) >= 11 is 5.92. The zero-order valence-electron chi connectivity index (χ0n) is 17.5. The van der Waals surface area contributed by atoms with Crippen LogP contribution in [0.1, 0.15) is 43.8 Å². The lowest BCUT2D eigenvalue weighted by Crippen LogP contribution is -2.21. The molecule has 34 heavy (non-hydrogen) atoms. The van der Waals surface area contributed by atoms with E-state index in [0.717, 1.165) is 5.01 Å². The Kier molecular flexibility index (Phi) is 4.91. The Bertz CT molecular complexity index is 1500. The Morgan fingerprint density at radius 2 is 1.82 bits per heavy atom. The van der Waals surface area contributed by atoms with Crippen molar-refractivity contribution in [2.45, 2.75) is 6.92 Å². The number of benzene rings is 2. The Morgan fingerprint density at radius 1 is 1.06 bits per heavy atom. The Balaban J connectivity index is 1.43. The summed E-state index contributed by atoms with van der Waals surface area (Å²) in [4.78, 5) is 48.0. The predicted molar refractivity (Wildman–Crippen MR) is 123 cm³/mol. The maximum atomic E-state index is 13.0. The lowest BCUT2D eigenvalue weighted by molar-refractivity contribution is -0.114. The Morgan fingerprint density at radius 3 is 2.59 bits per heavy atom. The van der Waals surface area contributed by atoms with Crippen molar-refractivity contribution < 1.29 is 28.7 Å². The lowest BCUT2D eigenvalue weighted by Gasteiger charge is -2.12. The maximum absolute atomic E-state index is 13.0. The van der Waals surface area contributed by atoms with Crippen molar-refractivity contribution in [3.63, 3.8) is 0 Å². The smallest absolute Gasteiger partial charge is 0.337 e. The highest BCUT2D eigenvalue weighted by Crippen LogP contribution is 2.31. The fourth-order valence-corrected chi connectivity index (χ4v) is 3.92. The zero-order valence-corrected chi connectivity index (χ0v) is 18.2. The van der Waals surface area contributed by atoms with Gasteiger partial charge in [-0.3, -0.25) is 19.7 Å². The van der Waals surface area contributed by atoms with Crippen molar-refractivity contribution >= 4 is 52.8 Å². The van der Waals surface area contributed by atoms with E-state index < -0.39 is 23.7 Å². The zero-order chi connectivity index (χ0) is 24.1. The number of carboxylic acids is 1. The molecule has 0 fully saturated rings. The summed E-state index contributed by atoms with van der Waals surface area (Å²) < 4.78 is 5.84. The van der Waals surface area contributed by atoms with Crippen LogP contribution in [0.15, 0.2) is 63.6 Å². The lowest BCUT2D eigenvalue weighted by atomic mass is 10.0. The minimum atomic E-state index is -1.22. The molecule has 168 valence electrons. The molecule has 1 aromatic heterocycles. The molecule has 5 rings (SSSR count). The van der Waals surface area contributed by atoms with E-state index in [1.807, 2.05) is 0 Å². The van der Waals surface area contributed by atoms with E-state index in [2.05, 4.69) is 10.4 Å². The van der Waals surface area contributed by atoms with Gasteiger partial charge in [0, 0.05) is 5.56 Å². The number of nitrogens with one attached hydrogen (secondary N) is 1. The average Bonchev–Trinajstić information content (AvgIpc) is 3.47. The third kappa shape index (κ3) is 3.48. The van der Waals surface area contributed by atoms with Crippen molar-refractivity contribution in [2.75, 3.05) is 5.01 Å². The van der Waals surface area contributed by atoms with Crippen molar-refractivity contribution in [1.29, 1.82) is 0 Å². The molecule has 2 N–H and O–H groups in total. The minimum Gasteiger partial charge on any atom is -0.478 e. The van der Waals surface area contributed by atoms with Gasteiger partial charge in [0.2, 0.25) is 0 Å². The molecule has 0 aliphatic carbocycles. The molecule has 0 bridgehead atoms. The topological polar surface area (TPSA) is 129 Å². The molecule has 2 aromatic carbocycles. The van der Waals surface area contributed by atoms with E-state index in [-0.39, 0.29) is 27.4 Å². The summed E-state index contributed by atoms with van der Waals surface area (Å²) in [5.74, 6) is -1.76. The maximum Gasteiger partial charge on any atom is 0.337 e. The molecule has 3 aromatic rings. The fraction of sp³-hybridized carbons (Fsp3) is 0.0417. The third-order valence-corrected chi connectivity index (χ3v) is 5.75. The molecule has 10 heteroatoms. The van der Waals surface area contributed by atoms with Gasteiger partial charge in [-0.15, -0.1) is 0 Å². The number of fused-ring (bicyclic) bond motifs is 1. The number of anilines is 1. The largest absolute Gasteiger partial charge is 0.478 e. The monoisotopic (exact) mass is 475 g/mol. The number of carbonyl (C=O) groups excluding carboxylic acids is 3. The number of halogens is 1. The number of nitrogens with zero attached hydrogens (tertiary/aromatic N) is 2. The van der Waals surface area contributed by atoms with Gasteiger partial charge < -0.3 is 9.52 Å². The first-order valence-corrected chi connectivity index (χ1v) is 10.4. The highest BCUT2D eigenvalue weighted by molar-refractivity contribution is 6.34. The number of aromatic carboxylic acids is 1. The fourth-order valence-electron chi connectivity index (χ4n) is 3.72. The van der Waals surface area contributed by atoms with Gasteiger partial charge in [0.15, 0.2) is 0 Å². The molecule has 0 spiro atoms. The van der Waals surface area contributed by atoms with Gasteiger partial charge in [-0.2, -0.15) is 10.1 Å². The molecule has 0 saturated carbocycles. The van der Waals surface area contributed by atoms with Gasteiger partial charge in [-0.25, -0.2) is 4.79 Å². The van der Waals surface area contributed by atoms with Crippen LogP contribution in [0.2, 0.25) is 5.02 Å². The number of carboxylic acid groups (broad SMARTS) is 1. The number of carbonyl (C=O) groups is 4. The summed E-state index contributed by atoms with van der Waals surface area (Å²) in [6.45, 7) is 1.65. The molecule has 0 unspecified atom stereocenters. The second-order valence-corrected chi connectivity index (χ2v) is 7.98. The van der Waals surface area contributed by atoms with E-state index in [0.29, 0.717) is 28.4 Å². The summed E-state index contributed by atoms with van der Waals surface area (Å²) in [5, 5.41) is 16.9. The molecule has 0 atom stereocenters. The third-order valence-electron chi connectivity index (χ3n) is 5.42. The second-order valence-electron chi connectivity index (χ2n) is 7.58. The first kappa shape index (κ1) is 21.4. The molecular weight excluding hydrogens is 462 g/mol. The van der Waals surface area contributed by atoms with Crippen LogP contribution >= 0.6 is 11.6 Å². The van der Waals surface area contributed by atoms with E-state index in [1.165, 1.54) is 24.3 Å². The van der Waals surface area contributed by atoms with Crippen LogP contribution in [0.4, 0.5) is 5.69 Å². The summed E-state index contributed by atoms with van der Waals surface area (Å²) in [6.07, 6.45) is 1.53. The van der Waals surface area contributed by atoms with Crippen LogP contribution in [0.25, 0.3) is 17.4 Å². The number of hydrazone groups is 1. The highest BCUT2D eigenvalue weighted by Gasteiger charge is 2.30. The standard InChI is InChI=1S/C24H14ClN3O6/c1-11-16(23(31)28(27-11)13-3-6-19(25)18(9-13)24(32)33)10-14-4-7-20(34-14)12-2-5-15-17(8-12)22(30)26-21(15)29/h2-10H,1H3,(H,32,33)(H,26,29,30)/b16-10-. The number of amides is 3. The van der Waals surface area contributed by atoms with Crippen molar-refractivity contribution in [1.82, 2.24) is 5.32 Å². The van der Waals surface area contributed by atoms with Crippen LogP contribution in [0.3, 0.4) is 0 Å². The summed E-state index contributed by atoms with van der Waals surface area (Å²) in [5.41, 5.74) is 1.99. The molecule has 3 heterocycles. The summed E-state index contributed by atoms with van der Waals surface area (Å²) in [6, 6.07) is 12.3. The normalized spacial score (nSPS) is 16.2. The Labute approximate surface area is 196 Å². The van der Waals surface area contributed by atoms with Crippen LogP contribution < -0.4 is 10.3 Å². The first-order valence-electron chi connectivity index (χ1n) is 9.97. The van der Waals surface area contributed by atoms with Gasteiger partial charge >= 0.3 is 5.97 Å². The van der Waals surface area contributed by atoms with E-state index in [9.17, 15) is 24.3 Å². The molecule has 0 saturated heterocycles. The van der Waals surface area contributed by atoms with Crippen molar-refractivity contribution in [3.8, 4) is 11.3 Å². The molecule has 2 aliphatic heterocycles. The number of rotatable bonds is 4. The molecular formula is C24H14ClN3O6. The van der Waals surface area contributed by atoms with Crippen molar-refractivity contribution in [3.05, 3.63) is 81.6 Å². The van der Waals surface area contributed by atoms with Gasteiger partial charge in [-0.1, -0.05) is 17.7 Å². The van der Waals surface area contributed by atoms with Gasteiger partial charge in [0.05, 0.1) is 38.7 Å². The number of imide groups is 1. The quantitative estimate of drug-likeness (QED) is 0.433. The van der Waals surface area contributed by atoms with E-state index >= 15 is 0 Å². The number of hydrogen-bond donors (Lipinski definition) is 2.